The van der Waals surface area contributed by atoms with Crippen molar-refractivity contribution in [2.24, 2.45) is 5.14 Å². The van der Waals surface area contributed by atoms with Crippen LogP contribution in [0.5, 0.6) is 0 Å². The SMILES string of the molecule is NS(=O)(=O)c1ccc2oc(C(=O)NCCCn3ccnc3)cc2c1. The lowest BCUT2D eigenvalue weighted by Gasteiger charge is -2.03. The van der Waals surface area contributed by atoms with Crippen LogP contribution in [-0.2, 0) is 16.6 Å². The Morgan fingerprint density at radius 3 is 2.88 bits per heavy atom. The monoisotopic (exact) mass is 348 g/mol. The predicted molar refractivity (Wildman–Crippen MR) is 86.8 cm³/mol. The first-order chi connectivity index (χ1) is 11.4. The number of nitrogens with two attached hydrogens (primary N) is 1. The van der Waals surface area contributed by atoms with E-state index in [-0.39, 0.29) is 16.6 Å². The first-order valence-corrected chi connectivity index (χ1v) is 8.78. The van der Waals surface area contributed by atoms with Crippen molar-refractivity contribution in [3.05, 3.63) is 48.7 Å². The zero-order valence-corrected chi connectivity index (χ0v) is 13.5. The summed E-state index contributed by atoms with van der Waals surface area (Å²) < 4.78 is 30.1. The Balaban J connectivity index is 1.64. The average Bonchev–Trinajstić information content (AvgIpc) is 3.18. The maximum absolute atomic E-state index is 12.1. The Hall–Kier alpha value is -2.65. The summed E-state index contributed by atoms with van der Waals surface area (Å²) in [6.45, 7) is 1.23. The van der Waals surface area contributed by atoms with Crippen LogP contribution in [0.15, 0.2) is 52.3 Å². The summed E-state index contributed by atoms with van der Waals surface area (Å²) in [4.78, 5) is 16.0. The first-order valence-electron chi connectivity index (χ1n) is 7.24. The number of nitrogens with one attached hydrogen (secondary N) is 1. The molecule has 1 aromatic carbocycles. The Bertz CT molecular complexity index is 961. The molecule has 2 heterocycles. The highest BCUT2D eigenvalue weighted by molar-refractivity contribution is 7.89. The molecule has 9 heteroatoms. The molecule has 24 heavy (non-hydrogen) atoms. The maximum Gasteiger partial charge on any atom is 0.287 e. The smallest absolute Gasteiger partial charge is 0.287 e. The Morgan fingerprint density at radius 2 is 2.17 bits per heavy atom. The minimum Gasteiger partial charge on any atom is -0.451 e. The number of nitrogens with zero attached hydrogens (tertiary/aromatic N) is 2. The van der Waals surface area contributed by atoms with Crippen LogP contribution >= 0.6 is 0 Å². The standard InChI is InChI=1S/C15H16N4O4S/c16-24(21,22)12-2-3-13-11(8-12)9-14(23-13)15(20)18-4-1-6-19-7-5-17-10-19/h2-3,5,7-10H,1,4,6H2,(H,18,20)(H2,16,21,22). The summed E-state index contributed by atoms with van der Waals surface area (Å²) in [6.07, 6.45) is 6.01. The molecule has 0 aliphatic carbocycles. The third-order valence-electron chi connectivity index (χ3n) is 3.48. The van der Waals surface area contributed by atoms with Crippen LogP contribution in [0.4, 0.5) is 0 Å². The van der Waals surface area contributed by atoms with Gasteiger partial charge in [-0.3, -0.25) is 4.79 Å². The lowest BCUT2D eigenvalue weighted by molar-refractivity contribution is 0.0927. The van der Waals surface area contributed by atoms with Crippen molar-refractivity contribution in [1.82, 2.24) is 14.9 Å². The van der Waals surface area contributed by atoms with E-state index in [0.717, 1.165) is 13.0 Å². The quantitative estimate of drug-likeness (QED) is 0.646. The van der Waals surface area contributed by atoms with Crippen LogP contribution in [0.2, 0.25) is 0 Å². The summed E-state index contributed by atoms with van der Waals surface area (Å²) in [5, 5.41) is 8.35. The third-order valence-corrected chi connectivity index (χ3v) is 4.39. The van der Waals surface area contributed by atoms with Crippen molar-refractivity contribution in [1.29, 1.82) is 0 Å². The van der Waals surface area contributed by atoms with Crippen LogP contribution < -0.4 is 10.5 Å². The van der Waals surface area contributed by atoms with Crippen LogP contribution in [-0.4, -0.2) is 30.4 Å². The fraction of sp³-hybridized carbons (Fsp3) is 0.200. The van der Waals surface area contributed by atoms with E-state index in [9.17, 15) is 13.2 Å². The number of imidazole rings is 1. The van der Waals surface area contributed by atoms with E-state index in [1.165, 1.54) is 24.3 Å². The van der Waals surface area contributed by atoms with E-state index in [4.69, 9.17) is 9.56 Å². The van der Waals surface area contributed by atoms with Gasteiger partial charge < -0.3 is 14.3 Å². The van der Waals surface area contributed by atoms with Gasteiger partial charge in [-0.2, -0.15) is 0 Å². The van der Waals surface area contributed by atoms with Gasteiger partial charge in [0.2, 0.25) is 10.0 Å². The van der Waals surface area contributed by atoms with Crippen molar-refractivity contribution in [2.75, 3.05) is 6.54 Å². The topological polar surface area (TPSA) is 120 Å². The Kier molecular flexibility index (Phi) is 4.36. The number of furan rings is 1. The normalized spacial score (nSPS) is 11.7. The van der Waals surface area contributed by atoms with Gasteiger partial charge >= 0.3 is 0 Å². The minimum absolute atomic E-state index is 0.0249. The summed E-state index contributed by atoms with van der Waals surface area (Å²) in [6, 6.07) is 5.69. The number of amides is 1. The van der Waals surface area contributed by atoms with Gasteiger partial charge in [-0.05, 0) is 30.7 Å². The zero-order valence-electron chi connectivity index (χ0n) is 12.7. The second kappa shape index (κ2) is 6.46. The predicted octanol–water partition coefficient (Wildman–Crippen LogP) is 1.10. The summed E-state index contributed by atoms with van der Waals surface area (Å²) in [5.41, 5.74) is 0.422. The Morgan fingerprint density at radius 1 is 1.33 bits per heavy atom. The molecule has 3 rings (SSSR count). The molecule has 0 fully saturated rings. The molecule has 0 aliphatic rings. The number of primary sulfonamides is 1. The fourth-order valence-corrected chi connectivity index (χ4v) is 2.83. The number of aryl methyl sites for hydroxylation is 1. The molecule has 0 bridgehead atoms. The van der Waals surface area contributed by atoms with E-state index in [2.05, 4.69) is 10.3 Å². The highest BCUT2D eigenvalue weighted by atomic mass is 32.2. The van der Waals surface area contributed by atoms with Gasteiger partial charge in [0.05, 0.1) is 11.2 Å². The molecule has 3 aromatic rings. The number of benzene rings is 1. The van der Waals surface area contributed by atoms with Crippen molar-refractivity contribution in [2.45, 2.75) is 17.9 Å². The zero-order chi connectivity index (χ0) is 17.2. The van der Waals surface area contributed by atoms with Gasteiger partial charge in [0.1, 0.15) is 5.58 Å². The number of carbonyl (C=O) groups excluding carboxylic acids is 1. The molecule has 1 amide bonds. The van der Waals surface area contributed by atoms with E-state index in [1.807, 2.05) is 10.8 Å². The molecule has 0 radical (unpaired) electrons. The molecule has 8 nitrogen and oxygen atoms in total. The number of fused-ring (bicyclic) bond motifs is 1. The van der Waals surface area contributed by atoms with Crippen molar-refractivity contribution < 1.29 is 17.6 Å². The van der Waals surface area contributed by atoms with Crippen LogP contribution in [0, 0.1) is 0 Å². The highest BCUT2D eigenvalue weighted by Crippen LogP contribution is 2.22. The minimum atomic E-state index is -3.79. The average molecular weight is 348 g/mol. The maximum atomic E-state index is 12.1. The van der Waals surface area contributed by atoms with Gasteiger partial charge in [0, 0.05) is 30.9 Å². The summed E-state index contributed by atoms with van der Waals surface area (Å²) in [7, 11) is -3.79. The molecular weight excluding hydrogens is 332 g/mol. The molecule has 0 saturated heterocycles. The van der Waals surface area contributed by atoms with Gasteiger partial charge in [-0.15, -0.1) is 0 Å². The van der Waals surface area contributed by atoms with Crippen molar-refractivity contribution >= 4 is 26.9 Å². The molecule has 126 valence electrons. The number of sulfonamides is 1. The fourth-order valence-electron chi connectivity index (χ4n) is 2.28. The number of hydrogen-bond acceptors (Lipinski definition) is 5. The molecule has 0 saturated carbocycles. The third kappa shape index (κ3) is 3.63. The molecule has 3 N–H and O–H groups in total. The van der Waals surface area contributed by atoms with E-state index >= 15 is 0 Å². The van der Waals surface area contributed by atoms with Gasteiger partial charge in [0.15, 0.2) is 5.76 Å². The molecule has 2 aromatic heterocycles. The summed E-state index contributed by atoms with van der Waals surface area (Å²) in [5.74, 6) is -0.229. The van der Waals surface area contributed by atoms with Crippen LogP contribution in [0.3, 0.4) is 0 Å². The van der Waals surface area contributed by atoms with Gasteiger partial charge in [-0.25, -0.2) is 18.5 Å². The number of hydrogen-bond donors (Lipinski definition) is 2. The second-order valence-electron chi connectivity index (χ2n) is 5.27. The second-order valence-corrected chi connectivity index (χ2v) is 6.83. The number of aromatic nitrogens is 2. The Labute approximate surface area is 138 Å². The van der Waals surface area contributed by atoms with Gasteiger partial charge in [0.25, 0.3) is 5.91 Å². The van der Waals surface area contributed by atoms with E-state index in [1.54, 1.807) is 12.5 Å². The number of rotatable bonds is 6. The molecule has 0 unspecified atom stereocenters. The number of carbonyl (C=O) groups is 1. The lowest BCUT2D eigenvalue weighted by Crippen LogP contribution is -2.24. The molecule has 0 spiro atoms. The lowest BCUT2D eigenvalue weighted by atomic mass is 10.2. The molecular formula is C15H16N4O4S. The largest absolute Gasteiger partial charge is 0.451 e. The van der Waals surface area contributed by atoms with Crippen molar-refractivity contribution in [3.63, 3.8) is 0 Å². The summed E-state index contributed by atoms with van der Waals surface area (Å²) >= 11 is 0. The van der Waals surface area contributed by atoms with E-state index in [0.29, 0.717) is 17.5 Å². The van der Waals surface area contributed by atoms with Gasteiger partial charge in [-0.1, -0.05) is 0 Å². The first kappa shape index (κ1) is 16.2. The molecule has 0 atom stereocenters. The van der Waals surface area contributed by atoms with Crippen LogP contribution in [0.25, 0.3) is 11.0 Å². The van der Waals surface area contributed by atoms with E-state index < -0.39 is 10.0 Å². The van der Waals surface area contributed by atoms with Crippen LogP contribution in [0.1, 0.15) is 17.0 Å². The van der Waals surface area contributed by atoms with Crippen molar-refractivity contribution in [3.8, 4) is 0 Å². The highest BCUT2D eigenvalue weighted by Gasteiger charge is 2.14. The molecule has 0 aliphatic heterocycles.